The number of carbonyl (C=O) groups is 3. The summed E-state index contributed by atoms with van der Waals surface area (Å²) in [7, 11) is 0. The highest BCUT2D eigenvalue weighted by Crippen LogP contribution is 2.54. The summed E-state index contributed by atoms with van der Waals surface area (Å²) >= 11 is 0. The molecule has 3 aromatic carbocycles. The third-order valence-electron chi connectivity index (χ3n) is 7.47. The van der Waals surface area contributed by atoms with Crippen molar-refractivity contribution >= 4 is 23.4 Å². The molecule has 3 aliphatic rings. The standard InChI is InChI=1S/C28H25N3O3/c1-18-23-24(26(33)31(25(23)32)17-20-12-6-3-7-13-20)28(29-18)21-14-8-9-15-22(21)30(27(28)34)16-19-10-4-2-5-11-19/h2-15,18,23-24,29H,16-17H2,1H3/t18-,23+,24+,28+/m1/s1. The van der Waals surface area contributed by atoms with Gasteiger partial charge < -0.3 is 4.90 Å². The molecule has 4 atom stereocenters. The van der Waals surface area contributed by atoms with Gasteiger partial charge >= 0.3 is 0 Å². The van der Waals surface area contributed by atoms with E-state index >= 15 is 0 Å². The normalized spacial score (nSPS) is 27.6. The minimum absolute atomic E-state index is 0.167. The molecule has 3 aliphatic heterocycles. The third kappa shape index (κ3) is 2.82. The first-order chi connectivity index (χ1) is 16.5. The first-order valence-corrected chi connectivity index (χ1v) is 11.6. The summed E-state index contributed by atoms with van der Waals surface area (Å²) in [6.07, 6.45) is 0. The number of imide groups is 1. The predicted octanol–water partition coefficient (Wildman–Crippen LogP) is 3.22. The summed E-state index contributed by atoms with van der Waals surface area (Å²) in [5, 5.41) is 3.44. The molecule has 0 bridgehead atoms. The molecule has 0 radical (unpaired) electrons. The zero-order valence-electron chi connectivity index (χ0n) is 18.8. The molecule has 0 aromatic heterocycles. The Balaban J connectivity index is 1.42. The Morgan fingerprint density at radius 2 is 1.29 bits per heavy atom. The number of hydrogen-bond donors (Lipinski definition) is 1. The van der Waals surface area contributed by atoms with Crippen molar-refractivity contribution in [2.45, 2.75) is 31.6 Å². The smallest absolute Gasteiger partial charge is 0.253 e. The monoisotopic (exact) mass is 451 g/mol. The summed E-state index contributed by atoms with van der Waals surface area (Å²) in [5.74, 6) is -2.00. The maximum absolute atomic E-state index is 14.2. The van der Waals surface area contributed by atoms with Crippen molar-refractivity contribution in [1.82, 2.24) is 10.2 Å². The number of rotatable bonds is 4. The van der Waals surface area contributed by atoms with Gasteiger partial charge in [-0.15, -0.1) is 0 Å². The zero-order valence-corrected chi connectivity index (χ0v) is 18.8. The number of para-hydroxylation sites is 1. The Kier molecular flexibility index (Phi) is 4.67. The maximum Gasteiger partial charge on any atom is 0.253 e. The molecule has 1 spiro atoms. The average Bonchev–Trinajstić information content (AvgIpc) is 3.40. The molecule has 0 aliphatic carbocycles. The molecule has 6 nitrogen and oxygen atoms in total. The van der Waals surface area contributed by atoms with E-state index < -0.39 is 17.4 Å². The van der Waals surface area contributed by atoms with Gasteiger partial charge in [-0.1, -0.05) is 78.9 Å². The van der Waals surface area contributed by atoms with Gasteiger partial charge in [0.1, 0.15) is 5.54 Å². The number of fused-ring (bicyclic) bond motifs is 4. The Hall–Kier alpha value is -3.77. The molecule has 170 valence electrons. The SMILES string of the molecule is C[C@H]1N[C@]2(C(=O)N(Cc3ccccc3)c3ccccc32)[C@@H]2C(=O)N(Cc3ccccc3)C(=O)[C@H]21. The molecule has 0 saturated carbocycles. The van der Waals surface area contributed by atoms with Crippen molar-refractivity contribution < 1.29 is 14.4 Å². The van der Waals surface area contributed by atoms with Crippen LogP contribution in [0.3, 0.4) is 0 Å². The molecule has 6 heteroatoms. The van der Waals surface area contributed by atoms with E-state index in [9.17, 15) is 14.4 Å². The van der Waals surface area contributed by atoms with Gasteiger partial charge in [-0.2, -0.15) is 0 Å². The zero-order chi connectivity index (χ0) is 23.4. The largest absolute Gasteiger partial charge is 0.306 e. The highest BCUT2D eigenvalue weighted by molar-refractivity contribution is 6.16. The topological polar surface area (TPSA) is 69.7 Å². The second-order valence-corrected chi connectivity index (χ2v) is 9.39. The van der Waals surface area contributed by atoms with E-state index in [0.717, 1.165) is 22.4 Å². The van der Waals surface area contributed by atoms with Crippen molar-refractivity contribution in [3.05, 3.63) is 102 Å². The number of hydrogen-bond acceptors (Lipinski definition) is 4. The number of likely N-dealkylation sites (tertiary alicyclic amines) is 1. The highest BCUT2D eigenvalue weighted by atomic mass is 16.2. The Morgan fingerprint density at radius 1 is 0.735 bits per heavy atom. The first kappa shape index (κ1) is 20.8. The van der Waals surface area contributed by atoms with Crippen molar-refractivity contribution in [1.29, 1.82) is 0 Å². The molecule has 3 aromatic rings. The third-order valence-corrected chi connectivity index (χ3v) is 7.47. The minimum atomic E-state index is -1.24. The van der Waals surface area contributed by atoms with Crippen LogP contribution in [0.1, 0.15) is 23.6 Å². The van der Waals surface area contributed by atoms with Crippen LogP contribution in [0.15, 0.2) is 84.9 Å². The van der Waals surface area contributed by atoms with Gasteiger partial charge in [-0.25, -0.2) is 0 Å². The van der Waals surface area contributed by atoms with Crippen LogP contribution in [0.5, 0.6) is 0 Å². The summed E-state index contributed by atoms with van der Waals surface area (Å²) in [6, 6.07) is 26.6. The molecular weight excluding hydrogens is 426 g/mol. The fraction of sp³-hybridized carbons (Fsp3) is 0.250. The second kappa shape index (κ2) is 7.64. The van der Waals surface area contributed by atoms with E-state index in [1.807, 2.05) is 91.9 Å². The van der Waals surface area contributed by atoms with Crippen LogP contribution in [0.4, 0.5) is 5.69 Å². The molecule has 1 N–H and O–H groups in total. The molecule has 3 amide bonds. The number of carbonyl (C=O) groups excluding carboxylic acids is 3. The van der Waals surface area contributed by atoms with Gasteiger partial charge in [-0.3, -0.25) is 24.6 Å². The predicted molar refractivity (Wildman–Crippen MR) is 127 cm³/mol. The lowest BCUT2D eigenvalue weighted by Crippen LogP contribution is -2.54. The summed E-state index contributed by atoms with van der Waals surface area (Å²) in [4.78, 5) is 44.6. The van der Waals surface area contributed by atoms with Crippen molar-refractivity contribution in [3.8, 4) is 0 Å². The van der Waals surface area contributed by atoms with Gasteiger partial charge in [0.05, 0.1) is 24.9 Å². The molecule has 0 unspecified atom stereocenters. The lowest BCUT2D eigenvalue weighted by atomic mass is 9.76. The lowest BCUT2D eigenvalue weighted by molar-refractivity contribution is -0.143. The van der Waals surface area contributed by atoms with Crippen LogP contribution < -0.4 is 10.2 Å². The summed E-state index contributed by atoms with van der Waals surface area (Å²) in [6.45, 7) is 2.53. The Labute approximate surface area is 198 Å². The van der Waals surface area contributed by atoms with Crippen LogP contribution in [0.2, 0.25) is 0 Å². The Morgan fingerprint density at radius 3 is 1.94 bits per heavy atom. The van der Waals surface area contributed by atoms with Crippen LogP contribution >= 0.6 is 0 Å². The lowest BCUT2D eigenvalue weighted by Gasteiger charge is -2.30. The molecule has 2 saturated heterocycles. The number of nitrogens with zero attached hydrogens (tertiary/aromatic N) is 2. The fourth-order valence-electron chi connectivity index (χ4n) is 6.01. The summed E-state index contributed by atoms with van der Waals surface area (Å²) < 4.78 is 0. The average molecular weight is 452 g/mol. The quantitative estimate of drug-likeness (QED) is 0.619. The Bertz CT molecular complexity index is 1290. The van der Waals surface area contributed by atoms with Gasteiger partial charge in [0, 0.05) is 17.3 Å². The van der Waals surface area contributed by atoms with E-state index in [4.69, 9.17) is 0 Å². The molecule has 6 rings (SSSR count). The summed E-state index contributed by atoms with van der Waals surface area (Å²) in [5.41, 5.74) is 2.22. The van der Waals surface area contributed by atoms with Crippen LogP contribution in [0.25, 0.3) is 0 Å². The molecule has 34 heavy (non-hydrogen) atoms. The van der Waals surface area contributed by atoms with Crippen molar-refractivity contribution in [3.63, 3.8) is 0 Å². The fourth-order valence-corrected chi connectivity index (χ4v) is 6.01. The number of benzene rings is 3. The van der Waals surface area contributed by atoms with E-state index in [1.165, 1.54) is 4.90 Å². The molecular formula is C28H25N3O3. The van der Waals surface area contributed by atoms with Crippen molar-refractivity contribution in [2.75, 3.05) is 4.90 Å². The number of anilines is 1. The maximum atomic E-state index is 14.2. The van der Waals surface area contributed by atoms with Gasteiger partial charge in [0.15, 0.2) is 0 Å². The van der Waals surface area contributed by atoms with Crippen LogP contribution in [-0.2, 0) is 33.0 Å². The van der Waals surface area contributed by atoms with Gasteiger partial charge in [0.2, 0.25) is 11.8 Å². The van der Waals surface area contributed by atoms with Gasteiger partial charge in [0.25, 0.3) is 5.91 Å². The van der Waals surface area contributed by atoms with E-state index in [-0.39, 0.29) is 30.3 Å². The molecule has 3 heterocycles. The van der Waals surface area contributed by atoms with Crippen LogP contribution in [-0.4, -0.2) is 28.7 Å². The first-order valence-electron chi connectivity index (χ1n) is 11.6. The molecule has 2 fully saturated rings. The minimum Gasteiger partial charge on any atom is -0.306 e. The van der Waals surface area contributed by atoms with E-state index in [1.54, 1.807) is 4.90 Å². The van der Waals surface area contributed by atoms with E-state index in [2.05, 4.69) is 5.32 Å². The van der Waals surface area contributed by atoms with E-state index in [0.29, 0.717) is 6.54 Å². The van der Waals surface area contributed by atoms with Crippen LogP contribution in [0, 0.1) is 11.8 Å². The van der Waals surface area contributed by atoms with Gasteiger partial charge in [-0.05, 0) is 24.1 Å². The second-order valence-electron chi connectivity index (χ2n) is 9.39. The number of amides is 3. The highest BCUT2D eigenvalue weighted by Gasteiger charge is 2.70. The van der Waals surface area contributed by atoms with Crippen molar-refractivity contribution in [2.24, 2.45) is 11.8 Å². The number of nitrogens with one attached hydrogen (secondary N) is 1.